The summed E-state index contributed by atoms with van der Waals surface area (Å²) in [5.74, 6) is 0.166. The van der Waals surface area contributed by atoms with E-state index in [0.29, 0.717) is 24.2 Å². The summed E-state index contributed by atoms with van der Waals surface area (Å²) in [5.41, 5.74) is 3.49. The number of aryl methyl sites for hydroxylation is 2. The summed E-state index contributed by atoms with van der Waals surface area (Å²) in [7, 11) is 0. The molecule has 0 saturated heterocycles. The fraction of sp³-hybridized carbons (Fsp3) is 0.217. The molecule has 2 aromatic heterocycles. The Balaban J connectivity index is 1.35. The highest BCUT2D eigenvalue weighted by molar-refractivity contribution is 5.88. The number of pyridine rings is 1. The minimum atomic E-state index is -0.261. The third kappa shape index (κ3) is 3.92. The van der Waals surface area contributed by atoms with Gasteiger partial charge < -0.3 is 15.0 Å². The van der Waals surface area contributed by atoms with Crippen molar-refractivity contribution in [1.82, 2.24) is 15.3 Å². The Hall–Kier alpha value is -3.41. The number of fused-ring (bicyclic) bond motifs is 2. The molecule has 1 amide bonds. The van der Waals surface area contributed by atoms with E-state index in [-0.39, 0.29) is 18.3 Å². The van der Waals surface area contributed by atoms with Gasteiger partial charge in [-0.25, -0.2) is 4.39 Å². The number of ether oxygens (including phenoxy) is 1. The minimum absolute atomic E-state index is 0.0632. The number of hydrogen-bond donors (Lipinski definition) is 2. The Morgan fingerprint density at radius 3 is 2.90 bits per heavy atom. The van der Waals surface area contributed by atoms with Crippen molar-refractivity contribution in [2.45, 2.75) is 20.3 Å². The van der Waals surface area contributed by atoms with Crippen molar-refractivity contribution >= 4 is 27.6 Å². The number of H-pyrrole nitrogens is 1. The van der Waals surface area contributed by atoms with Crippen LogP contribution >= 0.6 is 0 Å². The first kappa shape index (κ1) is 18.9. The van der Waals surface area contributed by atoms with Crippen LogP contribution in [0.2, 0.25) is 0 Å². The van der Waals surface area contributed by atoms with Gasteiger partial charge in [-0.05, 0) is 61.0 Å². The van der Waals surface area contributed by atoms with Crippen LogP contribution in [-0.4, -0.2) is 29.0 Å². The maximum absolute atomic E-state index is 14.0. The molecule has 0 unspecified atom stereocenters. The number of halogens is 1. The van der Waals surface area contributed by atoms with Crippen LogP contribution in [0.15, 0.2) is 48.8 Å². The van der Waals surface area contributed by atoms with E-state index >= 15 is 0 Å². The molecule has 0 fully saturated rings. The SMILES string of the molecule is Cc1[nH]c2c(F)ccc(C)c2c1CCNC(=O)COc1ccc2ccncc2c1. The Kier molecular flexibility index (Phi) is 5.16. The molecular weight excluding hydrogens is 369 g/mol. The normalized spacial score (nSPS) is 11.1. The van der Waals surface area contributed by atoms with Crippen LogP contribution in [0, 0.1) is 19.7 Å². The molecule has 5 nitrogen and oxygen atoms in total. The number of nitrogens with one attached hydrogen (secondary N) is 2. The van der Waals surface area contributed by atoms with E-state index in [2.05, 4.69) is 15.3 Å². The van der Waals surface area contributed by atoms with Gasteiger partial charge in [0.15, 0.2) is 6.61 Å². The largest absolute Gasteiger partial charge is 0.484 e. The second kappa shape index (κ2) is 7.91. The molecule has 148 valence electrons. The molecule has 0 aliphatic carbocycles. The molecule has 29 heavy (non-hydrogen) atoms. The lowest BCUT2D eigenvalue weighted by Gasteiger charge is -2.09. The molecule has 0 bridgehead atoms. The van der Waals surface area contributed by atoms with E-state index in [4.69, 9.17) is 4.74 Å². The van der Waals surface area contributed by atoms with Crippen LogP contribution in [-0.2, 0) is 11.2 Å². The lowest BCUT2D eigenvalue weighted by molar-refractivity contribution is -0.123. The van der Waals surface area contributed by atoms with Crippen molar-refractivity contribution in [2.75, 3.05) is 13.2 Å². The Morgan fingerprint density at radius 2 is 2.03 bits per heavy atom. The highest BCUT2D eigenvalue weighted by Gasteiger charge is 2.14. The summed E-state index contributed by atoms with van der Waals surface area (Å²) in [6.07, 6.45) is 4.11. The lowest BCUT2D eigenvalue weighted by Crippen LogP contribution is -2.30. The molecule has 2 heterocycles. The maximum atomic E-state index is 14.0. The van der Waals surface area contributed by atoms with Gasteiger partial charge >= 0.3 is 0 Å². The van der Waals surface area contributed by atoms with Crippen LogP contribution in [0.5, 0.6) is 5.75 Å². The van der Waals surface area contributed by atoms with Crippen LogP contribution in [0.3, 0.4) is 0 Å². The minimum Gasteiger partial charge on any atom is -0.484 e. The van der Waals surface area contributed by atoms with E-state index < -0.39 is 0 Å². The zero-order valence-corrected chi connectivity index (χ0v) is 16.4. The smallest absolute Gasteiger partial charge is 0.257 e. The first-order chi connectivity index (χ1) is 14.0. The molecule has 0 aliphatic rings. The van der Waals surface area contributed by atoms with Gasteiger partial charge in [0.1, 0.15) is 11.6 Å². The molecule has 0 radical (unpaired) electrons. The average molecular weight is 391 g/mol. The monoisotopic (exact) mass is 391 g/mol. The van der Waals surface area contributed by atoms with Crippen LogP contribution in [0.25, 0.3) is 21.7 Å². The molecule has 2 N–H and O–H groups in total. The number of rotatable bonds is 6. The molecule has 2 aromatic carbocycles. The summed E-state index contributed by atoms with van der Waals surface area (Å²) in [4.78, 5) is 19.4. The number of aromatic nitrogens is 2. The second-order valence-electron chi connectivity index (χ2n) is 7.12. The molecule has 0 aliphatic heterocycles. The van der Waals surface area contributed by atoms with E-state index in [1.165, 1.54) is 6.07 Å². The van der Waals surface area contributed by atoms with Crippen LogP contribution in [0.1, 0.15) is 16.8 Å². The van der Waals surface area contributed by atoms with E-state index in [9.17, 15) is 9.18 Å². The molecule has 4 rings (SSSR count). The third-order valence-corrected chi connectivity index (χ3v) is 5.11. The number of nitrogens with zero attached hydrogens (tertiary/aromatic N) is 1. The summed E-state index contributed by atoms with van der Waals surface area (Å²) < 4.78 is 19.6. The predicted octanol–water partition coefficient (Wildman–Crippen LogP) is 4.21. The number of benzene rings is 2. The number of carbonyl (C=O) groups is 1. The Bertz CT molecular complexity index is 1200. The highest BCUT2D eigenvalue weighted by atomic mass is 19.1. The summed E-state index contributed by atoms with van der Waals surface area (Å²) in [6, 6.07) is 10.8. The van der Waals surface area contributed by atoms with Gasteiger partial charge in [-0.2, -0.15) is 0 Å². The average Bonchev–Trinajstić information content (AvgIpc) is 3.06. The quantitative estimate of drug-likeness (QED) is 0.517. The lowest BCUT2D eigenvalue weighted by atomic mass is 10.0. The summed E-state index contributed by atoms with van der Waals surface area (Å²) in [5, 5.41) is 5.80. The summed E-state index contributed by atoms with van der Waals surface area (Å²) >= 11 is 0. The number of hydrogen-bond acceptors (Lipinski definition) is 3. The Labute approximate surface area is 167 Å². The van der Waals surface area contributed by atoms with Gasteiger partial charge in [-0.1, -0.05) is 12.1 Å². The molecule has 0 atom stereocenters. The summed E-state index contributed by atoms with van der Waals surface area (Å²) in [6.45, 7) is 4.28. The van der Waals surface area contributed by atoms with Crippen molar-refractivity contribution in [1.29, 1.82) is 0 Å². The molecule has 4 aromatic rings. The van der Waals surface area contributed by atoms with Gasteiger partial charge in [-0.15, -0.1) is 0 Å². The molecule has 0 spiro atoms. The number of carbonyl (C=O) groups excluding carboxylic acids is 1. The van der Waals surface area contributed by atoms with E-state index in [0.717, 1.165) is 33.0 Å². The number of aromatic amines is 1. The van der Waals surface area contributed by atoms with Crippen LogP contribution < -0.4 is 10.1 Å². The molecule has 6 heteroatoms. The van der Waals surface area contributed by atoms with Crippen molar-refractivity contribution in [3.05, 3.63) is 71.4 Å². The second-order valence-corrected chi connectivity index (χ2v) is 7.12. The zero-order valence-electron chi connectivity index (χ0n) is 16.4. The van der Waals surface area contributed by atoms with Gasteiger partial charge in [0.2, 0.25) is 0 Å². The molecular formula is C23H22FN3O2. The standard InChI is InChI=1S/C23H22FN3O2/c1-14-3-6-20(24)23-22(14)19(15(2)27-23)8-10-26-21(28)13-29-18-5-4-16-7-9-25-12-17(16)11-18/h3-7,9,11-12,27H,8,10,13H2,1-2H3,(H,26,28). The van der Waals surface area contributed by atoms with Crippen molar-refractivity contribution in [2.24, 2.45) is 0 Å². The van der Waals surface area contributed by atoms with Gasteiger partial charge in [0.25, 0.3) is 5.91 Å². The van der Waals surface area contributed by atoms with E-state index in [1.54, 1.807) is 18.5 Å². The van der Waals surface area contributed by atoms with Crippen LogP contribution in [0.4, 0.5) is 4.39 Å². The third-order valence-electron chi connectivity index (χ3n) is 5.11. The number of amides is 1. The van der Waals surface area contributed by atoms with Gasteiger partial charge in [0.05, 0.1) is 5.52 Å². The molecule has 0 saturated carbocycles. The fourth-order valence-electron chi connectivity index (χ4n) is 3.64. The Morgan fingerprint density at radius 1 is 1.17 bits per heavy atom. The van der Waals surface area contributed by atoms with E-state index in [1.807, 2.05) is 38.1 Å². The fourth-order valence-corrected chi connectivity index (χ4v) is 3.64. The first-order valence-electron chi connectivity index (χ1n) is 9.52. The van der Waals surface area contributed by atoms with Crippen molar-refractivity contribution in [3.8, 4) is 5.75 Å². The predicted molar refractivity (Wildman–Crippen MR) is 112 cm³/mol. The van der Waals surface area contributed by atoms with Gasteiger partial charge in [-0.3, -0.25) is 9.78 Å². The highest BCUT2D eigenvalue weighted by Crippen LogP contribution is 2.27. The maximum Gasteiger partial charge on any atom is 0.257 e. The first-order valence-corrected chi connectivity index (χ1v) is 9.52. The topological polar surface area (TPSA) is 67.0 Å². The van der Waals surface area contributed by atoms with Crippen molar-refractivity contribution in [3.63, 3.8) is 0 Å². The zero-order chi connectivity index (χ0) is 20.4. The van der Waals surface area contributed by atoms with Crippen molar-refractivity contribution < 1.29 is 13.9 Å². The van der Waals surface area contributed by atoms with Gasteiger partial charge in [0, 0.05) is 35.4 Å².